The van der Waals surface area contributed by atoms with Crippen molar-refractivity contribution < 1.29 is 18.0 Å². The Bertz CT molecular complexity index is 648. The van der Waals surface area contributed by atoms with Crippen LogP contribution in [0.4, 0.5) is 13.2 Å². The van der Waals surface area contributed by atoms with Crippen molar-refractivity contribution in [1.82, 2.24) is 0 Å². The zero-order valence-electron chi connectivity index (χ0n) is 9.84. The zero-order valence-corrected chi connectivity index (χ0v) is 11.4. The van der Waals surface area contributed by atoms with Crippen LogP contribution in [0.15, 0.2) is 42.5 Å². The zero-order chi connectivity index (χ0) is 14.9. The number of ketones is 1. The third-order valence-corrected chi connectivity index (χ3v) is 3.40. The van der Waals surface area contributed by atoms with Crippen molar-refractivity contribution in [2.75, 3.05) is 0 Å². The lowest BCUT2D eigenvalue weighted by Crippen LogP contribution is -2.06. The second kappa shape index (κ2) is 5.46. The van der Waals surface area contributed by atoms with Crippen molar-refractivity contribution in [3.8, 4) is 0 Å². The van der Waals surface area contributed by atoms with Crippen molar-refractivity contribution in [1.29, 1.82) is 0 Å². The summed E-state index contributed by atoms with van der Waals surface area (Å²) >= 11 is 11.5. The average Bonchev–Trinajstić information content (AvgIpc) is 2.40. The Kier molecular flexibility index (Phi) is 4.06. The summed E-state index contributed by atoms with van der Waals surface area (Å²) < 4.78 is 37.3. The van der Waals surface area contributed by atoms with Crippen LogP contribution in [0.2, 0.25) is 10.0 Å². The smallest absolute Gasteiger partial charge is 0.289 e. The van der Waals surface area contributed by atoms with Crippen molar-refractivity contribution >= 4 is 29.0 Å². The van der Waals surface area contributed by atoms with Gasteiger partial charge >= 0.3 is 6.18 Å². The highest BCUT2D eigenvalue weighted by Gasteiger charge is 2.30. The maximum Gasteiger partial charge on any atom is 0.416 e. The summed E-state index contributed by atoms with van der Waals surface area (Å²) in [4.78, 5) is 12.1. The summed E-state index contributed by atoms with van der Waals surface area (Å²) in [7, 11) is 0. The molecule has 0 heterocycles. The second-order valence-corrected chi connectivity index (χ2v) is 4.85. The van der Waals surface area contributed by atoms with Crippen LogP contribution in [0.5, 0.6) is 0 Å². The average molecular weight is 319 g/mol. The molecule has 0 fully saturated rings. The number of halogens is 5. The normalized spacial score (nSPS) is 11.4. The van der Waals surface area contributed by atoms with Crippen LogP contribution in [-0.4, -0.2) is 5.78 Å². The SMILES string of the molecule is O=C(c1ccc(C(F)(F)F)cc1)c1ccc(Cl)c(Cl)c1. The Hall–Kier alpha value is -1.52. The van der Waals surface area contributed by atoms with Crippen molar-refractivity contribution in [2.24, 2.45) is 0 Å². The van der Waals surface area contributed by atoms with Crippen LogP contribution in [0.1, 0.15) is 21.5 Å². The van der Waals surface area contributed by atoms with Gasteiger partial charge in [0.05, 0.1) is 15.6 Å². The summed E-state index contributed by atoms with van der Waals surface area (Å²) in [6, 6.07) is 8.30. The number of hydrogen-bond acceptors (Lipinski definition) is 1. The molecule has 0 bridgehead atoms. The topological polar surface area (TPSA) is 17.1 Å². The predicted molar refractivity (Wildman–Crippen MR) is 71.3 cm³/mol. The number of carbonyl (C=O) groups excluding carboxylic acids is 1. The molecule has 0 radical (unpaired) electrons. The lowest BCUT2D eigenvalue weighted by atomic mass is 10.0. The third-order valence-electron chi connectivity index (χ3n) is 2.66. The highest BCUT2D eigenvalue weighted by molar-refractivity contribution is 6.42. The van der Waals surface area contributed by atoms with Gasteiger partial charge in [0, 0.05) is 11.1 Å². The Balaban J connectivity index is 2.31. The van der Waals surface area contributed by atoms with Gasteiger partial charge in [-0.1, -0.05) is 35.3 Å². The Morgan fingerprint density at radius 3 is 1.90 bits per heavy atom. The van der Waals surface area contributed by atoms with Gasteiger partial charge in [0.1, 0.15) is 0 Å². The molecule has 0 atom stereocenters. The van der Waals surface area contributed by atoms with E-state index in [1.807, 2.05) is 0 Å². The van der Waals surface area contributed by atoms with E-state index in [1.54, 1.807) is 0 Å². The molecule has 0 aromatic heterocycles. The van der Waals surface area contributed by atoms with E-state index in [1.165, 1.54) is 18.2 Å². The van der Waals surface area contributed by atoms with Gasteiger partial charge in [0.2, 0.25) is 0 Å². The molecule has 2 aromatic carbocycles. The maximum atomic E-state index is 12.4. The molecule has 0 unspecified atom stereocenters. The van der Waals surface area contributed by atoms with Gasteiger partial charge in [-0.15, -0.1) is 0 Å². The number of benzene rings is 2. The molecule has 0 aliphatic carbocycles. The predicted octanol–water partition coefficient (Wildman–Crippen LogP) is 5.24. The minimum atomic E-state index is -4.43. The first kappa shape index (κ1) is 14.9. The van der Waals surface area contributed by atoms with Crippen molar-refractivity contribution in [3.63, 3.8) is 0 Å². The fourth-order valence-corrected chi connectivity index (χ4v) is 1.91. The first-order valence-corrected chi connectivity index (χ1v) is 6.21. The van der Waals surface area contributed by atoms with Gasteiger partial charge in [0.15, 0.2) is 5.78 Å². The lowest BCUT2D eigenvalue weighted by Gasteiger charge is -2.07. The van der Waals surface area contributed by atoms with E-state index < -0.39 is 17.5 Å². The van der Waals surface area contributed by atoms with Gasteiger partial charge in [-0.25, -0.2) is 0 Å². The summed E-state index contributed by atoms with van der Waals surface area (Å²) in [5.74, 6) is -0.419. The highest BCUT2D eigenvalue weighted by atomic mass is 35.5. The Morgan fingerprint density at radius 1 is 0.850 bits per heavy atom. The van der Waals surface area contributed by atoms with E-state index in [9.17, 15) is 18.0 Å². The van der Waals surface area contributed by atoms with E-state index >= 15 is 0 Å². The molecular weight excluding hydrogens is 312 g/mol. The summed E-state index contributed by atoms with van der Waals surface area (Å²) in [6.45, 7) is 0. The molecule has 0 spiro atoms. The third kappa shape index (κ3) is 3.14. The first-order chi connectivity index (χ1) is 9.29. The molecule has 0 saturated carbocycles. The van der Waals surface area contributed by atoms with Gasteiger partial charge in [-0.05, 0) is 30.3 Å². The minimum absolute atomic E-state index is 0.149. The molecule has 2 aromatic rings. The van der Waals surface area contributed by atoms with Crippen LogP contribution in [0, 0.1) is 0 Å². The van der Waals surface area contributed by atoms with Gasteiger partial charge in [-0.2, -0.15) is 13.2 Å². The minimum Gasteiger partial charge on any atom is -0.289 e. The molecule has 0 aliphatic heterocycles. The Morgan fingerprint density at radius 2 is 1.40 bits per heavy atom. The van der Waals surface area contributed by atoms with Gasteiger partial charge in [0.25, 0.3) is 0 Å². The molecule has 0 N–H and O–H groups in total. The molecule has 1 nitrogen and oxygen atoms in total. The summed E-state index contributed by atoms with van der Waals surface area (Å²) in [5.41, 5.74) is -0.390. The molecule has 104 valence electrons. The number of carbonyl (C=O) groups is 1. The Labute approximate surface area is 122 Å². The van der Waals surface area contributed by atoms with E-state index in [0.29, 0.717) is 5.02 Å². The van der Waals surface area contributed by atoms with E-state index in [4.69, 9.17) is 23.2 Å². The van der Waals surface area contributed by atoms with Crippen LogP contribution < -0.4 is 0 Å². The van der Waals surface area contributed by atoms with Crippen molar-refractivity contribution in [3.05, 3.63) is 69.2 Å². The molecule has 2 rings (SSSR count). The molecule has 0 amide bonds. The van der Waals surface area contributed by atoms with E-state index in [-0.39, 0.29) is 16.1 Å². The quantitative estimate of drug-likeness (QED) is 0.692. The van der Waals surface area contributed by atoms with Gasteiger partial charge < -0.3 is 0 Å². The number of alkyl halides is 3. The first-order valence-electron chi connectivity index (χ1n) is 5.46. The monoisotopic (exact) mass is 318 g/mol. The summed E-state index contributed by atoms with van der Waals surface area (Å²) in [5, 5.41) is 0.514. The molecule has 6 heteroatoms. The molecule has 20 heavy (non-hydrogen) atoms. The largest absolute Gasteiger partial charge is 0.416 e. The van der Waals surface area contributed by atoms with Gasteiger partial charge in [-0.3, -0.25) is 4.79 Å². The van der Waals surface area contributed by atoms with Crippen LogP contribution >= 0.6 is 23.2 Å². The van der Waals surface area contributed by atoms with Crippen LogP contribution in [-0.2, 0) is 6.18 Å². The van der Waals surface area contributed by atoms with E-state index in [2.05, 4.69) is 0 Å². The highest BCUT2D eigenvalue weighted by Crippen LogP contribution is 2.29. The lowest BCUT2D eigenvalue weighted by molar-refractivity contribution is -0.137. The maximum absolute atomic E-state index is 12.4. The standard InChI is InChI=1S/C14H7Cl2F3O/c15-11-6-3-9(7-12(11)16)13(20)8-1-4-10(5-2-8)14(17,18)19/h1-7H. The van der Waals surface area contributed by atoms with E-state index in [0.717, 1.165) is 24.3 Å². The fourth-order valence-electron chi connectivity index (χ4n) is 1.61. The molecular formula is C14H7Cl2F3O. The fraction of sp³-hybridized carbons (Fsp3) is 0.0714. The summed E-state index contributed by atoms with van der Waals surface area (Å²) in [6.07, 6.45) is -4.43. The second-order valence-electron chi connectivity index (χ2n) is 4.03. The van der Waals surface area contributed by atoms with Crippen LogP contribution in [0.3, 0.4) is 0 Å². The number of rotatable bonds is 2. The van der Waals surface area contributed by atoms with Crippen molar-refractivity contribution in [2.45, 2.75) is 6.18 Å². The van der Waals surface area contributed by atoms with Crippen LogP contribution in [0.25, 0.3) is 0 Å². The number of hydrogen-bond donors (Lipinski definition) is 0. The molecule has 0 saturated heterocycles. The molecule has 0 aliphatic rings.